The second-order valence-corrected chi connectivity index (χ2v) is 19.7. The van der Waals surface area contributed by atoms with E-state index in [0.717, 1.165) is 32.1 Å². The van der Waals surface area contributed by atoms with Gasteiger partial charge in [-0.2, -0.15) is 0 Å². The van der Waals surface area contributed by atoms with E-state index in [9.17, 15) is 53.4 Å². The van der Waals surface area contributed by atoms with Crippen molar-refractivity contribution in [3.63, 3.8) is 0 Å². The normalized spacial score (nSPS) is 23.8. The molecule has 1 rings (SSSR count). The zero-order chi connectivity index (χ0) is 49.4. The third-order valence-electron chi connectivity index (χ3n) is 11.0. The Labute approximate surface area is 386 Å². The van der Waals surface area contributed by atoms with Crippen molar-refractivity contribution in [2.45, 2.75) is 214 Å². The van der Waals surface area contributed by atoms with Gasteiger partial charge in [-0.3, -0.25) is 38.4 Å². The topological polar surface area (TPSA) is 276 Å². The van der Waals surface area contributed by atoms with E-state index in [-0.39, 0.29) is 49.9 Å². The molecular weight excluding hydrogens is 841 g/mol. The maximum atomic E-state index is 14.0. The lowest BCUT2D eigenvalue weighted by Crippen LogP contribution is -2.61. The van der Waals surface area contributed by atoms with E-state index in [2.05, 4.69) is 45.7 Å². The lowest BCUT2D eigenvalue weighted by atomic mass is 9.98. The molecule has 0 aliphatic carbocycles. The number of rotatable bonds is 22. The molecule has 1 saturated heterocycles. The highest BCUT2D eigenvalue weighted by Crippen LogP contribution is 2.19. The number of nitrogens with one attached hydrogen (secondary N) is 6. The van der Waals surface area contributed by atoms with Gasteiger partial charge in [-0.25, -0.2) is 4.79 Å². The van der Waals surface area contributed by atoms with E-state index in [4.69, 9.17) is 4.74 Å². The molecule has 0 aromatic carbocycles. The molecule has 7 atom stereocenters. The van der Waals surface area contributed by atoms with Gasteiger partial charge in [0.2, 0.25) is 35.4 Å². The molecule has 0 aromatic rings. The highest BCUT2D eigenvalue weighted by atomic mass is 16.5. The second-order valence-electron chi connectivity index (χ2n) is 19.7. The van der Waals surface area contributed by atoms with Crippen molar-refractivity contribution in [3.8, 4) is 0 Å². The predicted octanol–water partition coefficient (Wildman–Crippen LogP) is 4.51. The number of cyclic esters (lactones) is 1. The number of carboxylic acid groups (broad SMARTS) is 2. The first-order valence-corrected chi connectivity index (χ1v) is 23.8. The summed E-state index contributed by atoms with van der Waals surface area (Å²) >= 11 is 0. The van der Waals surface area contributed by atoms with Crippen molar-refractivity contribution in [1.29, 1.82) is 0 Å². The highest BCUT2D eigenvalue weighted by molar-refractivity contribution is 5.98. The van der Waals surface area contributed by atoms with Gasteiger partial charge in [0.25, 0.3) is 0 Å². The van der Waals surface area contributed by atoms with Crippen LogP contribution in [0.2, 0.25) is 0 Å². The molecule has 8 N–H and O–H groups in total. The van der Waals surface area contributed by atoms with Crippen LogP contribution in [0.4, 0.5) is 0 Å². The van der Waals surface area contributed by atoms with Crippen LogP contribution < -0.4 is 31.9 Å². The number of amides is 6. The summed E-state index contributed by atoms with van der Waals surface area (Å²) < 4.78 is 5.99. The fourth-order valence-electron chi connectivity index (χ4n) is 7.60. The van der Waals surface area contributed by atoms with Gasteiger partial charge in [-0.1, -0.05) is 114 Å². The van der Waals surface area contributed by atoms with Gasteiger partial charge in [-0.15, -0.1) is 0 Å². The Morgan fingerprint density at radius 2 is 0.954 bits per heavy atom. The van der Waals surface area contributed by atoms with Crippen molar-refractivity contribution in [2.24, 2.45) is 29.6 Å². The summed E-state index contributed by atoms with van der Waals surface area (Å²) in [5.74, 6) is -8.94. The van der Waals surface area contributed by atoms with Crippen LogP contribution in [0.3, 0.4) is 0 Å². The van der Waals surface area contributed by atoms with Crippen LogP contribution in [0.25, 0.3) is 0 Å². The summed E-state index contributed by atoms with van der Waals surface area (Å²) in [6.45, 7) is 18.5. The number of carbonyl (C=O) groups excluding carboxylic acids is 7. The van der Waals surface area contributed by atoms with Crippen molar-refractivity contribution >= 4 is 53.4 Å². The minimum atomic E-state index is -1.69. The van der Waals surface area contributed by atoms with Crippen LogP contribution in [0.5, 0.6) is 0 Å². The summed E-state index contributed by atoms with van der Waals surface area (Å²) in [5, 5.41) is 34.9. The molecule has 372 valence electrons. The fourth-order valence-corrected chi connectivity index (χ4v) is 7.60. The molecule has 3 unspecified atom stereocenters. The van der Waals surface area contributed by atoms with E-state index in [0.29, 0.717) is 12.3 Å². The molecule has 1 aliphatic rings. The largest absolute Gasteiger partial charge is 0.481 e. The maximum Gasteiger partial charge on any atom is 0.328 e. The molecule has 0 aromatic heterocycles. The Morgan fingerprint density at radius 1 is 0.508 bits per heavy atom. The highest BCUT2D eigenvalue weighted by Gasteiger charge is 2.37. The average molecular weight is 923 g/mol. The van der Waals surface area contributed by atoms with Gasteiger partial charge in [-0.05, 0) is 68.1 Å². The van der Waals surface area contributed by atoms with Crippen LogP contribution in [0, 0.1) is 29.6 Å². The Kier molecular flexibility index (Phi) is 27.3. The lowest BCUT2D eigenvalue weighted by molar-refractivity contribution is -0.155. The molecule has 1 aliphatic heterocycles. The molecule has 1 fully saturated rings. The summed E-state index contributed by atoms with van der Waals surface area (Å²) in [5.41, 5.74) is 0. The van der Waals surface area contributed by atoms with E-state index < -0.39 is 121 Å². The van der Waals surface area contributed by atoms with Gasteiger partial charge in [0.05, 0.1) is 12.8 Å². The molecule has 0 bridgehead atoms. The zero-order valence-corrected chi connectivity index (χ0v) is 40.7. The minimum absolute atomic E-state index is 0.0699. The number of carbonyl (C=O) groups is 9. The summed E-state index contributed by atoms with van der Waals surface area (Å²) in [6, 6.07) is -8.20. The van der Waals surface area contributed by atoms with Crippen molar-refractivity contribution in [2.75, 3.05) is 0 Å². The zero-order valence-electron chi connectivity index (χ0n) is 40.7. The molecular formula is C47H82N6O12. The van der Waals surface area contributed by atoms with Gasteiger partial charge >= 0.3 is 17.9 Å². The molecule has 0 saturated carbocycles. The summed E-state index contributed by atoms with van der Waals surface area (Å²) in [4.78, 5) is 121. The van der Waals surface area contributed by atoms with E-state index in [1.54, 1.807) is 41.5 Å². The first kappa shape index (κ1) is 58.2. The maximum absolute atomic E-state index is 14.0. The van der Waals surface area contributed by atoms with E-state index >= 15 is 0 Å². The van der Waals surface area contributed by atoms with Gasteiger partial charge < -0.3 is 46.9 Å². The quantitative estimate of drug-likeness (QED) is 0.0551. The van der Waals surface area contributed by atoms with Crippen molar-refractivity contribution in [1.82, 2.24) is 31.9 Å². The number of carboxylic acids is 2. The Morgan fingerprint density at radius 3 is 1.45 bits per heavy atom. The van der Waals surface area contributed by atoms with Crippen molar-refractivity contribution < 1.29 is 58.1 Å². The molecule has 1 heterocycles. The second kappa shape index (κ2) is 30.4. The lowest BCUT2D eigenvalue weighted by Gasteiger charge is -2.30. The number of ether oxygens (including phenoxy) is 1. The van der Waals surface area contributed by atoms with Gasteiger partial charge in [0.1, 0.15) is 42.4 Å². The van der Waals surface area contributed by atoms with Crippen LogP contribution in [0.1, 0.15) is 172 Å². The molecule has 0 spiro atoms. The number of aliphatic carboxylic acids is 2. The predicted molar refractivity (Wildman–Crippen MR) is 245 cm³/mol. The van der Waals surface area contributed by atoms with Gasteiger partial charge in [0, 0.05) is 6.42 Å². The number of hydrogen-bond donors (Lipinski definition) is 8. The first-order valence-electron chi connectivity index (χ1n) is 23.8. The van der Waals surface area contributed by atoms with E-state index in [1.165, 1.54) is 12.8 Å². The van der Waals surface area contributed by atoms with Gasteiger partial charge in [0.15, 0.2) is 0 Å². The third kappa shape index (κ3) is 24.9. The summed E-state index contributed by atoms with van der Waals surface area (Å²) in [6.07, 6.45) is 5.37. The molecule has 0 radical (unpaired) electrons. The molecule has 18 heteroatoms. The molecule has 18 nitrogen and oxygen atoms in total. The fraction of sp³-hybridized carbons (Fsp3) is 0.809. The van der Waals surface area contributed by atoms with E-state index in [1.807, 2.05) is 13.8 Å². The number of hydrogen-bond acceptors (Lipinski definition) is 10. The third-order valence-corrected chi connectivity index (χ3v) is 11.0. The average Bonchev–Trinajstić information content (AvgIpc) is 3.17. The first-order chi connectivity index (χ1) is 30.4. The molecule has 6 amide bonds. The summed E-state index contributed by atoms with van der Waals surface area (Å²) in [7, 11) is 0. The number of esters is 1. The van der Waals surface area contributed by atoms with Crippen LogP contribution in [0.15, 0.2) is 0 Å². The van der Waals surface area contributed by atoms with Crippen LogP contribution in [-0.2, 0) is 47.9 Å². The SMILES string of the molecule is CC(C)CCCCCCCCCC1CC(=O)NC(CCC(=O)O)C(=O)N[C@H](CC(C)C)C(=O)N[C@@H](C(C)C)C(=O)N[C@@H](CC(=O)O)C(=O)N[C@H](CC(C)C)C(=O)NC(CC(C)C)C(=O)O1. The Hall–Kier alpha value is -4.77. The van der Waals surface area contributed by atoms with Crippen molar-refractivity contribution in [3.05, 3.63) is 0 Å². The molecule has 65 heavy (non-hydrogen) atoms. The number of unbranched alkanes of at least 4 members (excludes halogenated alkanes) is 6. The monoisotopic (exact) mass is 923 g/mol. The van der Waals surface area contributed by atoms with Crippen LogP contribution >= 0.6 is 0 Å². The van der Waals surface area contributed by atoms with Crippen LogP contribution in [-0.4, -0.2) is 106 Å². The smallest absolute Gasteiger partial charge is 0.328 e. The Bertz CT molecular complexity index is 1570. The minimum Gasteiger partial charge on any atom is -0.481 e. The standard InChI is InChI=1S/C47H82N6O12/c1-27(2)18-16-14-12-11-13-15-17-19-32-25-38(54)48-33(20-21-39(55)56)42(59)49-35(23-29(5)6)45(62)53-41(31(9)10)46(63)51-36(26-40(57)58)44(61)50-34(22-28(3)4)43(60)52-37(24-30(7)8)47(64)65-32/h27-37,41H,11-26H2,1-10H3,(H,48,54)(H,49,59)(H,50,61)(H,51,63)(H,52,60)(H,53,62)(H,55,56)(H,57,58)/t32?,33?,34-,35-,36+,37?,41+/m1/s1. The Balaban J connectivity index is 3.79.